The molecule has 1 N–H and O–H groups in total. The van der Waals surface area contributed by atoms with Gasteiger partial charge in [0.25, 0.3) is 0 Å². The number of hydrogen-bond donors (Lipinski definition) is 1. The van der Waals surface area contributed by atoms with Crippen LogP contribution in [0.15, 0.2) is 22.7 Å². The summed E-state index contributed by atoms with van der Waals surface area (Å²) >= 11 is 3.41. The highest BCUT2D eigenvalue weighted by Crippen LogP contribution is 2.33. The first-order valence-corrected chi connectivity index (χ1v) is 7.21. The molecule has 100 valence electrons. The fourth-order valence-electron chi connectivity index (χ4n) is 2.59. The van der Waals surface area contributed by atoms with Gasteiger partial charge in [0.05, 0.1) is 12.7 Å². The molecule has 2 nitrogen and oxygen atoms in total. The first-order valence-electron chi connectivity index (χ1n) is 6.41. The van der Waals surface area contributed by atoms with Crippen molar-refractivity contribution in [2.45, 2.75) is 32.4 Å². The van der Waals surface area contributed by atoms with Crippen LogP contribution in [0.25, 0.3) is 0 Å². The molecule has 0 bridgehead atoms. The molecule has 0 aliphatic carbocycles. The Morgan fingerprint density at radius 3 is 2.94 bits per heavy atom. The Labute approximate surface area is 116 Å². The SMILES string of the molecule is CCNC(c1cc(Br)ccc1F)C1COC(C)C1. The maximum Gasteiger partial charge on any atom is 0.128 e. The van der Waals surface area contributed by atoms with E-state index in [0.29, 0.717) is 12.5 Å². The van der Waals surface area contributed by atoms with Crippen molar-refractivity contribution >= 4 is 15.9 Å². The summed E-state index contributed by atoms with van der Waals surface area (Å²) in [6, 6.07) is 5.14. The zero-order chi connectivity index (χ0) is 13.1. The van der Waals surface area contributed by atoms with Crippen molar-refractivity contribution in [3.05, 3.63) is 34.1 Å². The quantitative estimate of drug-likeness (QED) is 0.915. The van der Waals surface area contributed by atoms with E-state index in [1.807, 2.05) is 13.0 Å². The fourth-order valence-corrected chi connectivity index (χ4v) is 2.96. The highest BCUT2D eigenvalue weighted by Gasteiger charge is 2.31. The second-order valence-electron chi connectivity index (χ2n) is 4.84. The van der Waals surface area contributed by atoms with E-state index in [-0.39, 0.29) is 18.0 Å². The molecule has 1 aromatic carbocycles. The van der Waals surface area contributed by atoms with Gasteiger partial charge in [0.15, 0.2) is 0 Å². The summed E-state index contributed by atoms with van der Waals surface area (Å²) in [5, 5.41) is 3.39. The van der Waals surface area contributed by atoms with Crippen LogP contribution >= 0.6 is 15.9 Å². The Hall–Kier alpha value is -0.450. The van der Waals surface area contributed by atoms with E-state index in [1.165, 1.54) is 6.07 Å². The van der Waals surface area contributed by atoms with Crippen molar-refractivity contribution in [2.24, 2.45) is 5.92 Å². The van der Waals surface area contributed by atoms with Crippen molar-refractivity contribution in [1.29, 1.82) is 0 Å². The molecule has 0 saturated carbocycles. The Bertz CT molecular complexity index is 413. The van der Waals surface area contributed by atoms with Crippen LogP contribution in [0, 0.1) is 11.7 Å². The first kappa shape index (κ1) is 14.0. The summed E-state index contributed by atoms with van der Waals surface area (Å²) in [7, 11) is 0. The Balaban J connectivity index is 2.26. The molecular formula is C14H19BrFNO. The van der Waals surface area contributed by atoms with E-state index in [2.05, 4.69) is 28.2 Å². The highest BCUT2D eigenvalue weighted by molar-refractivity contribution is 9.10. The van der Waals surface area contributed by atoms with Crippen molar-refractivity contribution in [3.63, 3.8) is 0 Å². The van der Waals surface area contributed by atoms with Crippen molar-refractivity contribution < 1.29 is 9.13 Å². The van der Waals surface area contributed by atoms with Crippen molar-refractivity contribution in [2.75, 3.05) is 13.2 Å². The molecule has 18 heavy (non-hydrogen) atoms. The lowest BCUT2D eigenvalue weighted by Crippen LogP contribution is -2.29. The third-order valence-electron chi connectivity index (χ3n) is 3.42. The van der Waals surface area contributed by atoms with Gasteiger partial charge in [0.2, 0.25) is 0 Å². The molecule has 1 heterocycles. The van der Waals surface area contributed by atoms with Gasteiger partial charge < -0.3 is 10.1 Å². The van der Waals surface area contributed by atoms with E-state index in [1.54, 1.807) is 6.07 Å². The minimum absolute atomic E-state index is 0.0254. The molecule has 2 rings (SSSR count). The molecule has 0 amide bonds. The van der Waals surface area contributed by atoms with E-state index >= 15 is 0 Å². The van der Waals surface area contributed by atoms with Crippen LogP contribution < -0.4 is 5.32 Å². The van der Waals surface area contributed by atoms with Gasteiger partial charge in [-0.1, -0.05) is 22.9 Å². The molecular weight excluding hydrogens is 297 g/mol. The minimum atomic E-state index is -0.149. The molecule has 1 fully saturated rings. The maximum absolute atomic E-state index is 14.0. The van der Waals surface area contributed by atoms with E-state index in [9.17, 15) is 4.39 Å². The number of rotatable bonds is 4. The van der Waals surface area contributed by atoms with Crippen LogP contribution in [-0.2, 0) is 4.74 Å². The Morgan fingerprint density at radius 1 is 1.56 bits per heavy atom. The van der Waals surface area contributed by atoms with Crippen LogP contribution in [0.2, 0.25) is 0 Å². The highest BCUT2D eigenvalue weighted by atomic mass is 79.9. The lowest BCUT2D eigenvalue weighted by molar-refractivity contribution is 0.116. The van der Waals surface area contributed by atoms with Crippen LogP contribution in [-0.4, -0.2) is 19.3 Å². The standard InChI is InChI=1S/C14H19BrFNO/c1-3-17-14(10-6-9(2)18-8-10)12-7-11(15)4-5-13(12)16/h4-5,7,9-10,14,17H,3,6,8H2,1-2H3. The molecule has 0 spiro atoms. The fraction of sp³-hybridized carbons (Fsp3) is 0.571. The predicted molar refractivity (Wildman–Crippen MR) is 74.0 cm³/mol. The Kier molecular flexibility index (Phi) is 4.76. The van der Waals surface area contributed by atoms with Crippen molar-refractivity contribution in [1.82, 2.24) is 5.32 Å². The van der Waals surface area contributed by atoms with Crippen molar-refractivity contribution in [3.8, 4) is 0 Å². The Morgan fingerprint density at radius 2 is 2.33 bits per heavy atom. The number of ether oxygens (including phenoxy) is 1. The molecule has 0 radical (unpaired) electrons. The minimum Gasteiger partial charge on any atom is -0.378 e. The molecule has 3 atom stereocenters. The maximum atomic E-state index is 14.0. The summed E-state index contributed by atoms with van der Waals surface area (Å²) in [6.45, 7) is 5.63. The zero-order valence-corrected chi connectivity index (χ0v) is 12.3. The van der Waals surface area contributed by atoms with E-state index in [4.69, 9.17) is 4.74 Å². The summed E-state index contributed by atoms with van der Waals surface area (Å²) in [5.41, 5.74) is 0.730. The average Bonchev–Trinajstić information content (AvgIpc) is 2.76. The number of nitrogens with one attached hydrogen (secondary N) is 1. The molecule has 1 aromatic rings. The lowest BCUT2D eigenvalue weighted by Gasteiger charge is -2.24. The zero-order valence-electron chi connectivity index (χ0n) is 10.7. The third-order valence-corrected chi connectivity index (χ3v) is 3.91. The van der Waals surface area contributed by atoms with Gasteiger partial charge in [-0.2, -0.15) is 0 Å². The monoisotopic (exact) mass is 315 g/mol. The van der Waals surface area contributed by atoms with Gasteiger partial charge in [-0.3, -0.25) is 0 Å². The van der Waals surface area contributed by atoms with Crippen LogP contribution in [0.4, 0.5) is 4.39 Å². The topological polar surface area (TPSA) is 21.3 Å². The average molecular weight is 316 g/mol. The van der Waals surface area contributed by atoms with Crippen LogP contribution in [0.1, 0.15) is 31.9 Å². The van der Waals surface area contributed by atoms with Gasteiger partial charge in [0, 0.05) is 22.0 Å². The number of hydrogen-bond acceptors (Lipinski definition) is 2. The first-order chi connectivity index (χ1) is 8.61. The number of halogens is 2. The second kappa shape index (κ2) is 6.13. The predicted octanol–water partition coefficient (Wildman–Crippen LogP) is 3.66. The molecule has 3 unspecified atom stereocenters. The number of benzene rings is 1. The van der Waals surface area contributed by atoms with Gasteiger partial charge in [-0.15, -0.1) is 0 Å². The van der Waals surface area contributed by atoms with Crippen LogP contribution in [0.5, 0.6) is 0 Å². The smallest absolute Gasteiger partial charge is 0.128 e. The second-order valence-corrected chi connectivity index (χ2v) is 5.76. The molecule has 0 aromatic heterocycles. The molecule has 1 aliphatic heterocycles. The van der Waals surface area contributed by atoms with E-state index in [0.717, 1.165) is 23.0 Å². The third kappa shape index (κ3) is 3.11. The lowest BCUT2D eigenvalue weighted by atomic mass is 9.90. The summed E-state index contributed by atoms with van der Waals surface area (Å²) in [5.74, 6) is 0.187. The summed E-state index contributed by atoms with van der Waals surface area (Å²) in [4.78, 5) is 0. The summed E-state index contributed by atoms with van der Waals surface area (Å²) in [6.07, 6.45) is 1.25. The van der Waals surface area contributed by atoms with E-state index < -0.39 is 0 Å². The normalized spacial score (nSPS) is 25.3. The van der Waals surface area contributed by atoms with Gasteiger partial charge in [0.1, 0.15) is 5.82 Å². The molecule has 4 heteroatoms. The van der Waals surface area contributed by atoms with Gasteiger partial charge in [-0.05, 0) is 38.1 Å². The molecule has 1 aliphatic rings. The largest absolute Gasteiger partial charge is 0.378 e. The molecule has 1 saturated heterocycles. The summed E-state index contributed by atoms with van der Waals surface area (Å²) < 4.78 is 20.5. The van der Waals surface area contributed by atoms with Gasteiger partial charge in [-0.25, -0.2) is 4.39 Å². The van der Waals surface area contributed by atoms with Gasteiger partial charge >= 0.3 is 0 Å². The van der Waals surface area contributed by atoms with Crippen LogP contribution in [0.3, 0.4) is 0 Å².